The summed E-state index contributed by atoms with van der Waals surface area (Å²) in [6, 6.07) is 0. The molecule has 0 amide bonds. The molecule has 5 heteroatoms. The van der Waals surface area contributed by atoms with E-state index in [1.807, 2.05) is 13.8 Å². The number of hydrogen-bond acceptors (Lipinski definition) is 3. The molecule has 0 aromatic heterocycles. The highest BCUT2D eigenvalue weighted by molar-refractivity contribution is 7.80. The minimum absolute atomic E-state index is 0.707. The zero-order valence-corrected chi connectivity index (χ0v) is 12.9. The Labute approximate surface area is 117 Å². The molecule has 0 unspecified atom stereocenters. The zero-order valence-electron chi connectivity index (χ0n) is 12.0. The molecule has 0 aromatic carbocycles. The molecule has 0 aliphatic carbocycles. The molecule has 0 heterocycles. The largest absolute Gasteiger partial charge is 0.380 e. The second-order valence-electron chi connectivity index (χ2n) is 3.97. The molecule has 18 heavy (non-hydrogen) atoms. The first-order valence-corrected chi connectivity index (χ1v) is 7.35. The van der Waals surface area contributed by atoms with Crippen LogP contribution in [-0.4, -0.2) is 56.1 Å². The first-order chi connectivity index (χ1) is 8.76. The first-order valence-electron chi connectivity index (χ1n) is 6.94. The summed E-state index contributed by atoms with van der Waals surface area (Å²) in [7, 11) is 0. The molecular weight excluding hydrogens is 248 g/mol. The lowest BCUT2D eigenvalue weighted by molar-refractivity contribution is 0.107. The molecule has 0 aromatic rings. The van der Waals surface area contributed by atoms with Gasteiger partial charge in [0.15, 0.2) is 5.11 Å². The molecule has 0 saturated heterocycles. The molecule has 0 bridgehead atoms. The molecule has 0 aliphatic rings. The monoisotopic (exact) mass is 276 g/mol. The molecule has 4 nitrogen and oxygen atoms in total. The van der Waals surface area contributed by atoms with E-state index in [1.54, 1.807) is 0 Å². The third-order valence-corrected chi connectivity index (χ3v) is 2.92. The number of unbranched alkanes of at least 4 members (excludes halogenated alkanes) is 1. The van der Waals surface area contributed by atoms with Gasteiger partial charge in [0, 0.05) is 32.8 Å². The summed E-state index contributed by atoms with van der Waals surface area (Å²) in [5, 5.41) is 4.09. The molecular formula is C13H28N2O2S. The van der Waals surface area contributed by atoms with Crippen molar-refractivity contribution in [3.8, 4) is 0 Å². The van der Waals surface area contributed by atoms with Crippen molar-refractivity contribution in [1.82, 2.24) is 10.2 Å². The third-order valence-electron chi connectivity index (χ3n) is 2.51. The smallest absolute Gasteiger partial charge is 0.169 e. The van der Waals surface area contributed by atoms with Crippen molar-refractivity contribution in [1.29, 1.82) is 0 Å². The molecule has 0 radical (unpaired) electrons. The molecule has 0 rings (SSSR count). The first kappa shape index (κ1) is 17.6. The Bertz CT molecular complexity index is 193. The van der Waals surface area contributed by atoms with Crippen LogP contribution in [0, 0.1) is 0 Å². The summed E-state index contributed by atoms with van der Waals surface area (Å²) in [5.41, 5.74) is 0. The van der Waals surface area contributed by atoms with Crippen molar-refractivity contribution in [2.45, 2.75) is 33.6 Å². The van der Waals surface area contributed by atoms with Crippen LogP contribution in [0.15, 0.2) is 0 Å². The maximum absolute atomic E-state index is 5.39. The summed E-state index contributed by atoms with van der Waals surface area (Å²) < 4.78 is 10.8. The van der Waals surface area contributed by atoms with Crippen LogP contribution in [0.3, 0.4) is 0 Å². The molecule has 0 saturated carbocycles. The Hall–Kier alpha value is -0.390. The average molecular weight is 276 g/mol. The Balaban J connectivity index is 3.95. The fourth-order valence-electron chi connectivity index (χ4n) is 1.44. The van der Waals surface area contributed by atoms with Crippen LogP contribution in [0.1, 0.15) is 33.6 Å². The van der Waals surface area contributed by atoms with Gasteiger partial charge in [-0.2, -0.15) is 0 Å². The van der Waals surface area contributed by atoms with Crippen LogP contribution < -0.4 is 5.32 Å². The summed E-state index contributed by atoms with van der Waals surface area (Å²) in [5.74, 6) is 0. The second kappa shape index (κ2) is 13.1. The second-order valence-corrected chi connectivity index (χ2v) is 4.35. The number of thiocarbonyl (C=S) groups is 1. The van der Waals surface area contributed by atoms with E-state index in [0.717, 1.165) is 44.4 Å². The van der Waals surface area contributed by atoms with E-state index in [1.165, 1.54) is 6.42 Å². The topological polar surface area (TPSA) is 33.7 Å². The third kappa shape index (κ3) is 9.62. The Morgan fingerprint density at radius 1 is 1.06 bits per heavy atom. The van der Waals surface area contributed by atoms with Crippen LogP contribution >= 0.6 is 12.2 Å². The van der Waals surface area contributed by atoms with Crippen molar-refractivity contribution >= 4 is 17.3 Å². The molecule has 0 atom stereocenters. The highest BCUT2D eigenvalue weighted by Gasteiger charge is 2.08. The normalized spacial score (nSPS) is 10.4. The van der Waals surface area contributed by atoms with Gasteiger partial charge < -0.3 is 19.7 Å². The van der Waals surface area contributed by atoms with E-state index in [9.17, 15) is 0 Å². The van der Waals surface area contributed by atoms with Gasteiger partial charge in [-0.25, -0.2) is 0 Å². The number of nitrogens with zero attached hydrogens (tertiary/aromatic N) is 1. The Morgan fingerprint density at radius 3 is 2.06 bits per heavy atom. The van der Waals surface area contributed by atoms with Gasteiger partial charge in [-0.05, 0) is 32.5 Å². The number of nitrogens with one attached hydrogen (secondary N) is 1. The van der Waals surface area contributed by atoms with Gasteiger partial charge in [0.25, 0.3) is 0 Å². The van der Waals surface area contributed by atoms with Crippen LogP contribution in [-0.2, 0) is 9.47 Å². The summed E-state index contributed by atoms with van der Waals surface area (Å²) in [6.07, 6.45) is 2.32. The van der Waals surface area contributed by atoms with E-state index >= 15 is 0 Å². The van der Waals surface area contributed by atoms with Gasteiger partial charge in [0.05, 0.1) is 13.2 Å². The van der Waals surface area contributed by atoms with Crippen LogP contribution in [0.4, 0.5) is 0 Å². The fraction of sp³-hybridized carbons (Fsp3) is 0.923. The molecule has 108 valence electrons. The molecule has 0 aliphatic heterocycles. The van der Waals surface area contributed by atoms with Crippen LogP contribution in [0.5, 0.6) is 0 Å². The average Bonchev–Trinajstić information content (AvgIpc) is 2.37. The minimum atomic E-state index is 0.707. The molecule has 0 spiro atoms. The van der Waals surface area contributed by atoms with Gasteiger partial charge in [0.2, 0.25) is 0 Å². The Morgan fingerprint density at radius 2 is 1.61 bits per heavy atom. The highest BCUT2D eigenvalue weighted by Crippen LogP contribution is 1.93. The van der Waals surface area contributed by atoms with E-state index in [4.69, 9.17) is 21.7 Å². The maximum Gasteiger partial charge on any atom is 0.169 e. The molecule has 1 N–H and O–H groups in total. The summed E-state index contributed by atoms with van der Waals surface area (Å²) in [6.45, 7) is 11.7. The maximum atomic E-state index is 5.39. The van der Waals surface area contributed by atoms with E-state index in [0.29, 0.717) is 13.2 Å². The van der Waals surface area contributed by atoms with Gasteiger partial charge in [-0.1, -0.05) is 13.3 Å². The van der Waals surface area contributed by atoms with Crippen molar-refractivity contribution in [2.24, 2.45) is 0 Å². The predicted octanol–water partition coefficient (Wildman–Crippen LogP) is 2.04. The summed E-state index contributed by atoms with van der Waals surface area (Å²) >= 11 is 5.39. The lowest BCUT2D eigenvalue weighted by Crippen LogP contribution is -2.43. The quantitative estimate of drug-likeness (QED) is 0.461. The molecule has 0 fully saturated rings. The number of rotatable bonds is 11. The van der Waals surface area contributed by atoms with Gasteiger partial charge in [0.1, 0.15) is 0 Å². The van der Waals surface area contributed by atoms with Crippen molar-refractivity contribution < 1.29 is 9.47 Å². The van der Waals surface area contributed by atoms with Gasteiger partial charge in [-0.3, -0.25) is 0 Å². The fourth-order valence-corrected chi connectivity index (χ4v) is 1.72. The number of ether oxygens (including phenoxy) is 2. The van der Waals surface area contributed by atoms with Crippen molar-refractivity contribution in [3.05, 3.63) is 0 Å². The number of hydrogen-bond donors (Lipinski definition) is 1. The zero-order chi connectivity index (χ0) is 13.6. The van der Waals surface area contributed by atoms with E-state index in [-0.39, 0.29) is 0 Å². The van der Waals surface area contributed by atoms with Crippen molar-refractivity contribution in [2.75, 3.05) is 46.1 Å². The van der Waals surface area contributed by atoms with E-state index in [2.05, 4.69) is 17.1 Å². The standard InChI is InChI=1S/C13H28N2O2S/c1-4-7-8-14-13(18)15(9-11-16-5-2)10-12-17-6-3/h4-12H2,1-3H3,(H,14,18). The van der Waals surface area contributed by atoms with Crippen LogP contribution in [0.25, 0.3) is 0 Å². The van der Waals surface area contributed by atoms with Crippen molar-refractivity contribution in [3.63, 3.8) is 0 Å². The SMILES string of the molecule is CCCCNC(=S)N(CCOCC)CCOCC. The van der Waals surface area contributed by atoms with Gasteiger partial charge >= 0.3 is 0 Å². The Kier molecular flexibility index (Phi) is 12.8. The predicted molar refractivity (Wildman–Crippen MR) is 80.1 cm³/mol. The van der Waals surface area contributed by atoms with Crippen LogP contribution in [0.2, 0.25) is 0 Å². The summed E-state index contributed by atoms with van der Waals surface area (Å²) in [4.78, 5) is 2.12. The lowest BCUT2D eigenvalue weighted by Gasteiger charge is -2.25. The minimum Gasteiger partial charge on any atom is -0.380 e. The highest BCUT2D eigenvalue weighted by atomic mass is 32.1. The lowest BCUT2D eigenvalue weighted by atomic mass is 10.3. The van der Waals surface area contributed by atoms with E-state index < -0.39 is 0 Å². The van der Waals surface area contributed by atoms with Gasteiger partial charge in [-0.15, -0.1) is 0 Å².